The Bertz CT molecular complexity index is 326. The predicted molar refractivity (Wildman–Crippen MR) is 65.2 cm³/mol. The van der Waals surface area contributed by atoms with Crippen LogP contribution in [0, 0.1) is 5.92 Å². The van der Waals surface area contributed by atoms with Crippen LogP contribution in [0.5, 0.6) is 0 Å². The highest BCUT2D eigenvalue weighted by molar-refractivity contribution is 7.89. The van der Waals surface area contributed by atoms with Gasteiger partial charge in [0.25, 0.3) is 0 Å². The van der Waals surface area contributed by atoms with Crippen molar-refractivity contribution in [3.8, 4) is 0 Å². The predicted octanol–water partition coefficient (Wildman–Crippen LogP) is 0.629. The largest absolute Gasteiger partial charge is 0.302 e. The second-order valence-electron chi connectivity index (χ2n) is 4.72. The molecular formula is C10H19ClN2O2S. The van der Waals surface area contributed by atoms with Crippen molar-refractivity contribution in [2.75, 3.05) is 31.3 Å². The molecule has 3 heterocycles. The van der Waals surface area contributed by atoms with Crippen molar-refractivity contribution in [1.29, 1.82) is 0 Å². The van der Waals surface area contributed by atoms with E-state index in [1.165, 1.54) is 0 Å². The lowest BCUT2D eigenvalue weighted by Gasteiger charge is -2.44. The molecule has 3 aliphatic rings. The fourth-order valence-corrected chi connectivity index (χ4v) is 4.30. The smallest absolute Gasteiger partial charge is 0.211 e. The van der Waals surface area contributed by atoms with Gasteiger partial charge in [0.15, 0.2) is 0 Å². The molecule has 3 saturated heterocycles. The van der Waals surface area contributed by atoms with Gasteiger partial charge in [-0.1, -0.05) is 0 Å². The zero-order valence-corrected chi connectivity index (χ0v) is 10.9. The van der Waals surface area contributed by atoms with Crippen molar-refractivity contribution < 1.29 is 8.42 Å². The molecule has 0 radical (unpaired) electrons. The van der Waals surface area contributed by atoms with Crippen LogP contribution in [0.3, 0.4) is 0 Å². The molecule has 3 rings (SSSR count). The van der Waals surface area contributed by atoms with E-state index in [0.717, 1.165) is 32.5 Å². The third kappa shape index (κ3) is 3.09. The Morgan fingerprint density at radius 1 is 1.31 bits per heavy atom. The minimum Gasteiger partial charge on any atom is -0.302 e. The number of nitrogens with one attached hydrogen (secondary N) is 1. The van der Waals surface area contributed by atoms with Gasteiger partial charge in [-0.2, -0.15) is 0 Å². The molecule has 1 atom stereocenters. The first-order chi connectivity index (χ1) is 7.61. The monoisotopic (exact) mass is 266 g/mol. The standard InChI is InChI=1S/C10H19ClN2O2S/c11-4-1-7-16(14,15)12-10-8-13-5-2-9(10)3-6-13/h9-10,12H,1-8H2. The van der Waals surface area contributed by atoms with Gasteiger partial charge in [-0.15, -0.1) is 11.6 Å². The molecule has 2 bridgehead atoms. The molecule has 0 aromatic carbocycles. The molecule has 0 amide bonds. The van der Waals surface area contributed by atoms with Crippen LogP contribution in [-0.4, -0.2) is 50.6 Å². The number of sulfonamides is 1. The van der Waals surface area contributed by atoms with Gasteiger partial charge in [-0.3, -0.25) is 0 Å². The molecule has 1 unspecified atom stereocenters. The van der Waals surface area contributed by atoms with Crippen molar-refractivity contribution >= 4 is 21.6 Å². The Kier molecular flexibility index (Phi) is 4.11. The summed E-state index contributed by atoms with van der Waals surface area (Å²) in [6.07, 6.45) is 2.78. The summed E-state index contributed by atoms with van der Waals surface area (Å²) in [7, 11) is -3.13. The molecule has 0 spiro atoms. The fourth-order valence-electron chi connectivity index (χ4n) is 2.63. The summed E-state index contributed by atoms with van der Waals surface area (Å²) in [5.41, 5.74) is 0. The molecular weight excluding hydrogens is 248 g/mol. The SMILES string of the molecule is O=S(=O)(CCCCl)NC1CN2CCC1CC2. The van der Waals surface area contributed by atoms with E-state index in [0.29, 0.717) is 18.2 Å². The first-order valence-electron chi connectivity index (χ1n) is 5.89. The maximum atomic E-state index is 11.7. The van der Waals surface area contributed by atoms with Crippen molar-refractivity contribution in [3.05, 3.63) is 0 Å². The topological polar surface area (TPSA) is 49.4 Å². The van der Waals surface area contributed by atoms with Gasteiger partial charge in [-0.05, 0) is 38.3 Å². The van der Waals surface area contributed by atoms with Crippen LogP contribution in [0.4, 0.5) is 0 Å². The van der Waals surface area contributed by atoms with Gasteiger partial charge in [0.2, 0.25) is 10.0 Å². The molecule has 94 valence electrons. The molecule has 0 saturated carbocycles. The van der Waals surface area contributed by atoms with Gasteiger partial charge >= 0.3 is 0 Å². The third-order valence-corrected chi connectivity index (χ3v) is 5.29. The molecule has 16 heavy (non-hydrogen) atoms. The first-order valence-corrected chi connectivity index (χ1v) is 8.08. The van der Waals surface area contributed by atoms with E-state index in [-0.39, 0.29) is 11.8 Å². The normalized spacial score (nSPS) is 34.2. The summed E-state index contributed by atoms with van der Waals surface area (Å²) in [4.78, 5) is 2.34. The van der Waals surface area contributed by atoms with Crippen LogP contribution in [0.15, 0.2) is 0 Å². The van der Waals surface area contributed by atoms with Crippen molar-refractivity contribution in [2.45, 2.75) is 25.3 Å². The Labute approximate surface area is 102 Å². The number of alkyl halides is 1. The van der Waals surface area contributed by atoms with Crippen molar-refractivity contribution in [1.82, 2.24) is 9.62 Å². The number of fused-ring (bicyclic) bond motifs is 3. The quantitative estimate of drug-likeness (QED) is 0.743. The number of rotatable bonds is 5. The molecule has 1 N–H and O–H groups in total. The van der Waals surface area contributed by atoms with E-state index in [2.05, 4.69) is 9.62 Å². The van der Waals surface area contributed by atoms with Crippen LogP contribution < -0.4 is 4.72 Å². The minimum atomic E-state index is -3.13. The number of halogens is 1. The highest BCUT2D eigenvalue weighted by Crippen LogP contribution is 2.27. The summed E-state index contributed by atoms with van der Waals surface area (Å²) in [6, 6.07) is 0.128. The highest BCUT2D eigenvalue weighted by atomic mass is 35.5. The molecule has 0 aliphatic carbocycles. The van der Waals surface area contributed by atoms with Crippen molar-refractivity contribution in [3.63, 3.8) is 0 Å². The summed E-state index contributed by atoms with van der Waals surface area (Å²) in [5.74, 6) is 1.09. The van der Waals surface area contributed by atoms with Crippen LogP contribution >= 0.6 is 11.6 Å². The zero-order valence-electron chi connectivity index (χ0n) is 9.36. The summed E-state index contributed by atoms with van der Waals surface area (Å²) in [6.45, 7) is 3.14. The number of piperidine rings is 3. The lowest BCUT2D eigenvalue weighted by Crippen LogP contribution is -2.57. The zero-order chi connectivity index (χ0) is 11.6. The second kappa shape index (κ2) is 5.21. The number of hydrogen-bond acceptors (Lipinski definition) is 3. The lowest BCUT2D eigenvalue weighted by atomic mass is 9.85. The third-order valence-electron chi connectivity index (χ3n) is 3.53. The average molecular weight is 267 g/mol. The lowest BCUT2D eigenvalue weighted by molar-refractivity contribution is 0.0827. The highest BCUT2D eigenvalue weighted by Gasteiger charge is 2.35. The number of hydrogen-bond donors (Lipinski definition) is 1. The maximum absolute atomic E-state index is 11.7. The molecule has 6 heteroatoms. The molecule has 4 nitrogen and oxygen atoms in total. The number of nitrogens with zero attached hydrogens (tertiary/aromatic N) is 1. The van der Waals surface area contributed by atoms with Crippen LogP contribution in [0.2, 0.25) is 0 Å². The van der Waals surface area contributed by atoms with E-state index in [9.17, 15) is 8.42 Å². The fraction of sp³-hybridized carbons (Fsp3) is 1.00. The summed E-state index contributed by atoms with van der Waals surface area (Å²) >= 11 is 5.51. The Morgan fingerprint density at radius 2 is 2.00 bits per heavy atom. The van der Waals surface area contributed by atoms with Gasteiger partial charge < -0.3 is 4.90 Å². The molecule has 0 aromatic heterocycles. The van der Waals surface area contributed by atoms with E-state index in [4.69, 9.17) is 11.6 Å². The Hall–Kier alpha value is 0.160. The van der Waals surface area contributed by atoms with Crippen LogP contribution in [0.25, 0.3) is 0 Å². The Morgan fingerprint density at radius 3 is 2.50 bits per heavy atom. The van der Waals surface area contributed by atoms with E-state index >= 15 is 0 Å². The van der Waals surface area contributed by atoms with Crippen LogP contribution in [-0.2, 0) is 10.0 Å². The minimum absolute atomic E-state index is 0.128. The Balaban J connectivity index is 1.89. The van der Waals surface area contributed by atoms with Gasteiger partial charge in [-0.25, -0.2) is 13.1 Å². The van der Waals surface area contributed by atoms with Gasteiger partial charge in [0.05, 0.1) is 5.75 Å². The van der Waals surface area contributed by atoms with Gasteiger partial charge in [0, 0.05) is 18.5 Å². The summed E-state index contributed by atoms with van der Waals surface area (Å²) in [5, 5.41) is 0. The van der Waals surface area contributed by atoms with E-state index in [1.54, 1.807) is 0 Å². The molecule has 3 fully saturated rings. The van der Waals surface area contributed by atoms with E-state index in [1.807, 2.05) is 0 Å². The summed E-state index contributed by atoms with van der Waals surface area (Å²) < 4.78 is 26.3. The average Bonchev–Trinajstić information content (AvgIpc) is 2.27. The molecule has 0 aromatic rings. The molecule has 3 aliphatic heterocycles. The van der Waals surface area contributed by atoms with Gasteiger partial charge in [0.1, 0.15) is 0 Å². The van der Waals surface area contributed by atoms with Crippen molar-refractivity contribution in [2.24, 2.45) is 5.92 Å². The second-order valence-corrected chi connectivity index (χ2v) is 6.98. The van der Waals surface area contributed by atoms with E-state index < -0.39 is 10.0 Å². The van der Waals surface area contributed by atoms with Crippen LogP contribution in [0.1, 0.15) is 19.3 Å². The first kappa shape index (κ1) is 12.6. The maximum Gasteiger partial charge on any atom is 0.211 e.